The molecule has 0 aromatic heterocycles. The van der Waals surface area contributed by atoms with Crippen LogP contribution in [0.1, 0.15) is 380 Å². The first-order valence-corrected chi connectivity index (χ1v) is 40.7. The molecule has 0 radical (unpaired) electrons. The molecule has 2 aliphatic heterocycles. The van der Waals surface area contributed by atoms with Crippen molar-refractivity contribution in [2.24, 2.45) is 0 Å². The van der Waals surface area contributed by atoms with Crippen molar-refractivity contribution in [1.29, 1.82) is 0 Å². The van der Waals surface area contributed by atoms with Gasteiger partial charge in [-0.3, -0.25) is 4.79 Å². The number of carbonyl (C=O) groups excluding carboxylic acids is 1. The molecule has 2 heterocycles. The molecular formula is C81H153NO13. The number of carbonyl (C=O) groups is 1. The standard InChI is InChI=1S/C81H153NO13/c1-3-5-7-9-11-13-15-17-19-21-23-25-27-29-31-32-33-34-35-36-37-38-39-41-43-45-47-49-51-53-55-57-59-61-63-65-73(86)82-69(68-92-80-78(91)76(89)79(72(67-84)94-80)95-81-77(90)75(88)74(87)71(66-83)93-81)70(85)64-62-60-58-56-54-52-50-48-46-44-42-40-30-28-26-24-22-20-18-16-14-12-10-8-6-4-2/h15,17,21,23,62,64,69-72,74-81,83-85,87-91H,3-14,16,18-20,22,24-61,63,65-68H2,1-2H3,(H,82,86)/b17-15-,23-21-,64-62+. The Bertz CT molecular complexity index is 1730. The van der Waals surface area contributed by atoms with E-state index in [1.165, 1.54) is 308 Å². The Morgan fingerprint density at radius 1 is 0.379 bits per heavy atom. The van der Waals surface area contributed by atoms with Crippen LogP contribution < -0.4 is 5.32 Å². The van der Waals surface area contributed by atoms with Crippen LogP contribution in [0.2, 0.25) is 0 Å². The van der Waals surface area contributed by atoms with Crippen LogP contribution in [-0.4, -0.2) is 140 Å². The van der Waals surface area contributed by atoms with Crippen LogP contribution in [0, 0.1) is 0 Å². The lowest BCUT2D eigenvalue weighted by Crippen LogP contribution is -2.65. The Morgan fingerprint density at radius 3 is 1.05 bits per heavy atom. The summed E-state index contributed by atoms with van der Waals surface area (Å²) in [6.45, 7) is 2.86. The Labute approximate surface area is 582 Å². The highest BCUT2D eigenvalue weighted by Crippen LogP contribution is 2.30. The lowest BCUT2D eigenvalue weighted by atomic mass is 9.97. The first kappa shape index (κ1) is 89.3. The third-order valence-corrected chi connectivity index (χ3v) is 20.1. The highest BCUT2D eigenvalue weighted by atomic mass is 16.7. The molecule has 2 saturated heterocycles. The van der Waals surface area contributed by atoms with E-state index in [0.717, 1.165) is 44.9 Å². The van der Waals surface area contributed by atoms with Crippen LogP contribution in [0.15, 0.2) is 36.5 Å². The summed E-state index contributed by atoms with van der Waals surface area (Å²) in [6.07, 6.45) is 69.4. The SMILES string of the molecule is CCCCCCC/C=C\C/C=C\CCCCCCCCCCCCCCCCCCCCCCCCCC(=O)NC(COC1OC(CO)C(OC2OC(CO)C(O)C(O)C2O)C(O)C1O)C(O)/C=C/CCCCCCCCCCCCCCCCCCCCCCCCCC. The third-order valence-electron chi connectivity index (χ3n) is 20.1. The summed E-state index contributed by atoms with van der Waals surface area (Å²) in [5.41, 5.74) is 0. The van der Waals surface area contributed by atoms with Crippen molar-refractivity contribution < 1.29 is 64.6 Å². The molecule has 14 heteroatoms. The fourth-order valence-corrected chi connectivity index (χ4v) is 13.6. The summed E-state index contributed by atoms with van der Waals surface area (Å²) in [4.78, 5) is 13.4. The topological polar surface area (TPSA) is 228 Å². The maximum atomic E-state index is 13.4. The second-order valence-corrected chi connectivity index (χ2v) is 28.9. The van der Waals surface area contributed by atoms with Crippen molar-refractivity contribution in [3.8, 4) is 0 Å². The number of nitrogens with one attached hydrogen (secondary N) is 1. The van der Waals surface area contributed by atoms with Crippen molar-refractivity contribution in [2.45, 2.75) is 453 Å². The summed E-state index contributed by atoms with van der Waals surface area (Å²) in [6, 6.07) is -0.915. The van der Waals surface area contributed by atoms with Crippen LogP contribution in [0.3, 0.4) is 0 Å². The number of rotatable bonds is 69. The Morgan fingerprint density at radius 2 is 0.695 bits per heavy atom. The predicted molar refractivity (Wildman–Crippen MR) is 392 cm³/mol. The molecule has 0 aromatic rings. The number of amides is 1. The van der Waals surface area contributed by atoms with Gasteiger partial charge in [0.1, 0.15) is 48.8 Å². The van der Waals surface area contributed by atoms with Gasteiger partial charge in [0.25, 0.3) is 0 Å². The van der Waals surface area contributed by atoms with E-state index in [1.807, 2.05) is 6.08 Å². The lowest BCUT2D eigenvalue weighted by Gasteiger charge is -2.46. The predicted octanol–water partition coefficient (Wildman–Crippen LogP) is 18.4. The summed E-state index contributed by atoms with van der Waals surface area (Å²) in [5, 5.41) is 87.7. The van der Waals surface area contributed by atoms with E-state index in [1.54, 1.807) is 6.08 Å². The molecule has 2 rings (SSSR count). The van der Waals surface area contributed by atoms with E-state index in [2.05, 4.69) is 43.5 Å². The van der Waals surface area contributed by atoms with Crippen LogP contribution in [0.25, 0.3) is 0 Å². The largest absolute Gasteiger partial charge is 0.394 e. The van der Waals surface area contributed by atoms with Gasteiger partial charge in [0.15, 0.2) is 12.6 Å². The molecule has 9 N–H and O–H groups in total. The van der Waals surface area contributed by atoms with E-state index in [9.17, 15) is 45.6 Å². The van der Waals surface area contributed by atoms with E-state index in [-0.39, 0.29) is 18.9 Å². The average Bonchev–Trinajstić information content (AvgIpc) is 0.800. The van der Waals surface area contributed by atoms with Crippen LogP contribution in [0.5, 0.6) is 0 Å². The van der Waals surface area contributed by atoms with E-state index in [4.69, 9.17) is 18.9 Å². The maximum Gasteiger partial charge on any atom is 0.220 e. The zero-order valence-electron chi connectivity index (χ0n) is 61.4. The van der Waals surface area contributed by atoms with Crippen molar-refractivity contribution in [2.75, 3.05) is 19.8 Å². The van der Waals surface area contributed by atoms with Gasteiger partial charge in [-0.15, -0.1) is 0 Å². The highest BCUT2D eigenvalue weighted by molar-refractivity contribution is 5.76. The van der Waals surface area contributed by atoms with Crippen molar-refractivity contribution in [3.63, 3.8) is 0 Å². The molecule has 1 amide bonds. The molecule has 0 saturated carbocycles. The van der Waals surface area contributed by atoms with E-state index < -0.39 is 86.8 Å². The molecule has 0 aromatic carbocycles. The Balaban J connectivity index is 1.60. The fraction of sp³-hybridized carbons (Fsp3) is 0.914. The normalized spacial score (nSPS) is 22.5. The number of aliphatic hydroxyl groups is 8. The van der Waals surface area contributed by atoms with E-state index >= 15 is 0 Å². The monoisotopic (exact) mass is 1350 g/mol. The molecule has 12 unspecified atom stereocenters. The molecule has 0 aliphatic carbocycles. The van der Waals surface area contributed by atoms with Gasteiger partial charge in [-0.25, -0.2) is 0 Å². The quantitative estimate of drug-likeness (QED) is 0.0204. The second kappa shape index (κ2) is 65.5. The average molecular weight is 1350 g/mol. The second-order valence-electron chi connectivity index (χ2n) is 28.9. The maximum absolute atomic E-state index is 13.4. The van der Waals surface area contributed by atoms with Gasteiger partial charge in [0.05, 0.1) is 32.0 Å². The van der Waals surface area contributed by atoms with E-state index in [0.29, 0.717) is 6.42 Å². The highest BCUT2D eigenvalue weighted by Gasteiger charge is 2.51. The fourth-order valence-electron chi connectivity index (χ4n) is 13.6. The van der Waals surface area contributed by atoms with Crippen LogP contribution in [0.4, 0.5) is 0 Å². The number of ether oxygens (including phenoxy) is 4. The van der Waals surface area contributed by atoms with Crippen molar-refractivity contribution in [1.82, 2.24) is 5.32 Å². The minimum absolute atomic E-state index is 0.231. The molecule has 95 heavy (non-hydrogen) atoms. The first-order chi connectivity index (χ1) is 46.6. The molecule has 0 spiro atoms. The minimum Gasteiger partial charge on any atom is -0.394 e. The van der Waals surface area contributed by atoms with Crippen molar-refractivity contribution >= 4 is 5.91 Å². The molecule has 560 valence electrons. The zero-order valence-corrected chi connectivity index (χ0v) is 61.4. The van der Waals surface area contributed by atoms with Gasteiger partial charge in [0.2, 0.25) is 5.91 Å². The number of allylic oxidation sites excluding steroid dienone is 5. The number of unbranched alkanes of at least 4 members (excludes halogenated alkanes) is 52. The Kier molecular flexibility index (Phi) is 61.6. The lowest BCUT2D eigenvalue weighted by molar-refractivity contribution is -0.359. The minimum atomic E-state index is -1.79. The van der Waals surface area contributed by atoms with Gasteiger partial charge in [-0.2, -0.15) is 0 Å². The van der Waals surface area contributed by atoms with Gasteiger partial charge in [-0.05, 0) is 51.4 Å². The van der Waals surface area contributed by atoms with Gasteiger partial charge >= 0.3 is 0 Å². The molecule has 12 atom stereocenters. The first-order valence-electron chi connectivity index (χ1n) is 40.7. The Hall–Kier alpha value is -1.79. The number of hydrogen-bond donors (Lipinski definition) is 9. The summed E-state index contributed by atoms with van der Waals surface area (Å²) >= 11 is 0. The molecule has 14 nitrogen and oxygen atoms in total. The zero-order chi connectivity index (χ0) is 68.7. The molecular weight excluding hydrogens is 1190 g/mol. The van der Waals surface area contributed by atoms with Gasteiger partial charge < -0.3 is 65.1 Å². The molecule has 2 aliphatic rings. The van der Waals surface area contributed by atoms with Crippen LogP contribution in [-0.2, 0) is 23.7 Å². The third kappa shape index (κ3) is 48.6. The summed E-state index contributed by atoms with van der Waals surface area (Å²) < 4.78 is 22.9. The molecule has 2 fully saturated rings. The van der Waals surface area contributed by atoms with Gasteiger partial charge in [-0.1, -0.05) is 359 Å². The smallest absolute Gasteiger partial charge is 0.220 e. The number of aliphatic hydroxyl groups excluding tert-OH is 8. The summed E-state index contributed by atoms with van der Waals surface area (Å²) in [5.74, 6) is -0.231. The van der Waals surface area contributed by atoms with Crippen molar-refractivity contribution in [3.05, 3.63) is 36.5 Å². The van der Waals surface area contributed by atoms with Gasteiger partial charge in [0, 0.05) is 6.42 Å². The molecule has 0 bridgehead atoms. The van der Waals surface area contributed by atoms with Crippen LogP contribution >= 0.6 is 0 Å². The number of hydrogen-bond acceptors (Lipinski definition) is 13. The summed E-state index contributed by atoms with van der Waals surface area (Å²) in [7, 11) is 0.